The van der Waals surface area contributed by atoms with Crippen LogP contribution in [0.25, 0.3) is 0 Å². The molecule has 2 heterocycles. The number of fused-ring (bicyclic) bond motifs is 1. The Kier molecular flexibility index (Phi) is 9.29. The van der Waals surface area contributed by atoms with Crippen LogP contribution >= 0.6 is 0 Å². The van der Waals surface area contributed by atoms with E-state index in [1.165, 1.54) is 6.20 Å². The van der Waals surface area contributed by atoms with E-state index in [0.29, 0.717) is 25.2 Å². The van der Waals surface area contributed by atoms with Gasteiger partial charge in [-0.1, -0.05) is 25.7 Å². The molecule has 0 fully saturated rings. The van der Waals surface area contributed by atoms with Crippen molar-refractivity contribution in [2.75, 3.05) is 33.3 Å². The number of amides is 3. The lowest BCUT2D eigenvalue weighted by Gasteiger charge is -2.37. The van der Waals surface area contributed by atoms with E-state index < -0.39 is 18.2 Å². The Morgan fingerprint density at radius 3 is 2.81 bits per heavy atom. The minimum absolute atomic E-state index is 0.126. The maximum absolute atomic E-state index is 13.3. The summed E-state index contributed by atoms with van der Waals surface area (Å²) < 4.78 is 6.15. The molecule has 4 atom stereocenters. The maximum atomic E-state index is 13.3. The first-order valence-electron chi connectivity index (χ1n) is 10.9. The normalized spacial score (nSPS) is 20.0. The highest BCUT2D eigenvalue weighted by atomic mass is 16.5. The molecule has 0 saturated heterocycles. The minimum atomic E-state index is -0.811. The van der Waals surface area contributed by atoms with Gasteiger partial charge in [0, 0.05) is 37.8 Å². The van der Waals surface area contributed by atoms with Crippen molar-refractivity contribution in [2.45, 2.75) is 52.4 Å². The molecule has 1 aromatic rings. The molecule has 1 aliphatic rings. The number of rotatable bonds is 6. The lowest BCUT2D eigenvalue weighted by atomic mass is 10.00. The van der Waals surface area contributed by atoms with E-state index in [1.54, 1.807) is 36.8 Å². The van der Waals surface area contributed by atoms with Gasteiger partial charge in [0.05, 0.1) is 19.2 Å². The van der Waals surface area contributed by atoms with Crippen molar-refractivity contribution < 1.29 is 24.5 Å². The predicted octanol–water partition coefficient (Wildman–Crippen LogP) is 1.09. The highest BCUT2D eigenvalue weighted by molar-refractivity contribution is 5.97. The van der Waals surface area contributed by atoms with E-state index in [0.717, 1.165) is 6.42 Å². The number of ether oxygens (including phenoxy) is 1. The zero-order valence-electron chi connectivity index (χ0n) is 19.5. The topological polar surface area (TPSA) is 115 Å². The van der Waals surface area contributed by atoms with Crippen LogP contribution in [-0.2, 0) is 0 Å². The van der Waals surface area contributed by atoms with Gasteiger partial charge in [0.25, 0.3) is 5.91 Å². The molecule has 9 heteroatoms. The van der Waals surface area contributed by atoms with Crippen LogP contribution < -0.4 is 10.1 Å². The molecule has 176 valence electrons. The molecule has 0 aliphatic carbocycles. The van der Waals surface area contributed by atoms with Gasteiger partial charge < -0.3 is 30.1 Å². The monoisotopic (exact) mass is 446 g/mol. The Morgan fingerprint density at radius 1 is 1.47 bits per heavy atom. The number of urea groups is 1. The standard InChI is InChI=1S/C23H34N4O5/c1-6-9-24-23(31)26(5)13-20-15(2)12-27(16(3)14-28)22(30)19-10-18(8-7-17(4)29)11-25-21(19)32-20/h10-11,15-17,20,28-29H,6,9,12-14H2,1-5H3,(H,24,31)/t15-,16-,17+,20-/m0/s1. The van der Waals surface area contributed by atoms with Crippen molar-refractivity contribution in [3.8, 4) is 17.7 Å². The van der Waals surface area contributed by atoms with Gasteiger partial charge in [-0.2, -0.15) is 0 Å². The number of nitrogens with zero attached hydrogens (tertiary/aromatic N) is 3. The Labute approximate surface area is 189 Å². The van der Waals surface area contributed by atoms with Gasteiger partial charge in [-0.15, -0.1) is 0 Å². The van der Waals surface area contributed by atoms with Gasteiger partial charge in [-0.05, 0) is 26.3 Å². The Balaban J connectivity index is 2.40. The molecule has 0 aromatic carbocycles. The fraction of sp³-hybridized carbons (Fsp3) is 0.609. The van der Waals surface area contributed by atoms with Crippen LogP contribution in [0.4, 0.5) is 4.79 Å². The molecule has 1 aromatic heterocycles. The molecule has 0 spiro atoms. The summed E-state index contributed by atoms with van der Waals surface area (Å²) in [5, 5.41) is 22.0. The second-order valence-electron chi connectivity index (χ2n) is 8.26. The summed E-state index contributed by atoms with van der Waals surface area (Å²) >= 11 is 0. The van der Waals surface area contributed by atoms with Gasteiger partial charge in [0.2, 0.25) is 5.88 Å². The number of likely N-dealkylation sites (N-methyl/N-ethyl adjacent to an activating group) is 1. The fourth-order valence-electron chi connectivity index (χ4n) is 3.30. The minimum Gasteiger partial charge on any atom is -0.472 e. The average molecular weight is 447 g/mol. The van der Waals surface area contributed by atoms with Crippen LogP contribution in [0.2, 0.25) is 0 Å². The van der Waals surface area contributed by atoms with Crippen LogP contribution in [0.5, 0.6) is 5.88 Å². The second kappa shape index (κ2) is 11.7. The number of pyridine rings is 1. The molecule has 0 unspecified atom stereocenters. The van der Waals surface area contributed by atoms with Crippen molar-refractivity contribution in [2.24, 2.45) is 5.92 Å². The van der Waals surface area contributed by atoms with Gasteiger partial charge in [0.15, 0.2) is 0 Å². The van der Waals surface area contributed by atoms with Crippen LogP contribution in [-0.4, -0.2) is 88.5 Å². The molecular formula is C23H34N4O5. The third-order valence-corrected chi connectivity index (χ3v) is 5.27. The quantitative estimate of drug-likeness (QED) is 0.564. The summed E-state index contributed by atoms with van der Waals surface area (Å²) in [6.45, 7) is 8.30. The van der Waals surface area contributed by atoms with Crippen molar-refractivity contribution >= 4 is 11.9 Å². The zero-order valence-corrected chi connectivity index (χ0v) is 19.5. The van der Waals surface area contributed by atoms with Gasteiger partial charge >= 0.3 is 6.03 Å². The molecule has 0 radical (unpaired) electrons. The fourth-order valence-corrected chi connectivity index (χ4v) is 3.30. The molecule has 32 heavy (non-hydrogen) atoms. The molecule has 9 nitrogen and oxygen atoms in total. The molecule has 1 aliphatic heterocycles. The van der Waals surface area contributed by atoms with E-state index in [2.05, 4.69) is 22.1 Å². The number of aliphatic hydroxyl groups excluding tert-OH is 2. The Hall–Kier alpha value is -2.83. The second-order valence-corrected chi connectivity index (χ2v) is 8.26. The SMILES string of the molecule is CCCNC(=O)N(C)C[C@@H]1Oc2ncc(C#C[C@@H](C)O)cc2C(=O)N([C@@H](C)CO)C[C@@H]1C. The van der Waals surface area contributed by atoms with Crippen molar-refractivity contribution in [3.05, 3.63) is 23.4 Å². The summed E-state index contributed by atoms with van der Waals surface area (Å²) in [6.07, 6.45) is 1.09. The molecule has 0 bridgehead atoms. The van der Waals surface area contributed by atoms with Crippen LogP contribution in [0.1, 0.15) is 50.0 Å². The highest BCUT2D eigenvalue weighted by Gasteiger charge is 2.34. The van der Waals surface area contributed by atoms with Crippen molar-refractivity contribution in [1.82, 2.24) is 20.1 Å². The zero-order chi connectivity index (χ0) is 23.8. The largest absolute Gasteiger partial charge is 0.472 e. The number of carbonyl (C=O) groups is 2. The first kappa shape index (κ1) is 25.4. The average Bonchev–Trinajstić information content (AvgIpc) is 2.77. The lowest BCUT2D eigenvalue weighted by Crippen LogP contribution is -2.51. The van der Waals surface area contributed by atoms with E-state index in [4.69, 9.17) is 4.74 Å². The van der Waals surface area contributed by atoms with Crippen LogP contribution in [0.3, 0.4) is 0 Å². The predicted molar refractivity (Wildman–Crippen MR) is 120 cm³/mol. The first-order valence-corrected chi connectivity index (χ1v) is 10.9. The van der Waals surface area contributed by atoms with Gasteiger partial charge in [-0.25, -0.2) is 9.78 Å². The molecule has 3 N–H and O–H groups in total. The van der Waals surface area contributed by atoms with E-state index >= 15 is 0 Å². The summed E-state index contributed by atoms with van der Waals surface area (Å²) in [5.41, 5.74) is 0.706. The third kappa shape index (κ3) is 6.58. The van der Waals surface area contributed by atoms with Crippen LogP contribution in [0.15, 0.2) is 12.3 Å². The Morgan fingerprint density at radius 2 is 2.19 bits per heavy atom. The molecule has 2 rings (SSSR count). The molecule has 0 saturated carbocycles. The highest BCUT2D eigenvalue weighted by Crippen LogP contribution is 2.27. The van der Waals surface area contributed by atoms with E-state index in [1.807, 2.05) is 13.8 Å². The molecule has 3 amide bonds. The summed E-state index contributed by atoms with van der Waals surface area (Å²) in [5.74, 6) is 5.15. The summed E-state index contributed by atoms with van der Waals surface area (Å²) in [4.78, 5) is 33.1. The lowest BCUT2D eigenvalue weighted by molar-refractivity contribution is 0.0352. The first-order chi connectivity index (χ1) is 15.2. The number of hydrogen-bond donors (Lipinski definition) is 3. The number of carbonyl (C=O) groups excluding carboxylic acids is 2. The maximum Gasteiger partial charge on any atom is 0.317 e. The number of nitrogens with one attached hydrogen (secondary N) is 1. The Bertz CT molecular complexity index is 864. The summed E-state index contributed by atoms with van der Waals surface area (Å²) in [7, 11) is 1.70. The van der Waals surface area contributed by atoms with Crippen molar-refractivity contribution in [1.29, 1.82) is 0 Å². The van der Waals surface area contributed by atoms with Gasteiger partial charge in [0.1, 0.15) is 17.8 Å². The van der Waals surface area contributed by atoms with E-state index in [-0.39, 0.29) is 35.9 Å². The number of aromatic nitrogens is 1. The van der Waals surface area contributed by atoms with Crippen molar-refractivity contribution in [3.63, 3.8) is 0 Å². The van der Waals surface area contributed by atoms with Crippen LogP contribution in [0, 0.1) is 17.8 Å². The molecular weight excluding hydrogens is 412 g/mol. The number of aliphatic hydroxyl groups is 2. The van der Waals surface area contributed by atoms with E-state index in [9.17, 15) is 19.8 Å². The summed E-state index contributed by atoms with van der Waals surface area (Å²) in [6, 6.07) is 0.981. The number of hydrogen-bond acceptors (Lipinski definition) is 6. The van der Waals surface area contributed by atoms with Gasteiger partial charge in [-0.3, -0.25) is 4.79 Å². The third-order valence-electron chi connectivity index (χ3n) is 5.27. The smallest absolute Gasteiger partial charge is 0.317 e.